The topological polar surface area (TPSA) is 15.3 Å². The third-order valence-electron chi connectivity index (χ3n) is 3.28. The summed E-state index contributed by atoms with van der Waals surface area (Å²) < 4.78 is 53.6. The molecule has 1 fully saturated rings. The van der Waals surface area contributed by atoms with Crippen LogP contribution in [-0.4, -0.2) is 37.3 Å². The summed E-state index contributed by atoms with van der Waals surface area (Å²) in [6, 6.07) is 2.04. The van der Waals surface area contributed by atoms with Gasteiger partial charge in [0.05, 0.1) is 0 Å². The highest BCUT2D eigenvalue weighted by molar-refractivity contribution is 5.85. The van der Waals surface area contributed by atoms with Crippen molar-refractivity contribution in [3.05, 3.63) is 35.1 Å². The lowest BCUT2D eigenvalue weighted by Crippen LogP contribution is -2.49. The molecule has 1 heterocycles. The third kappa shape index (κ3) is 3.84. The molecule has 0 spiro atoms. The number of hydrogen-bond donors (Lipinski definition) is 1. The zero-order valence-electron chi connectivity index (χ0n) is 11.0. The van der Waals surface area contributed by atoms with Gasteiger partial charge < -0.3 is 5.32 Å². The quantitative estimate of drug-likeness (QED) is 0.844. The molecule has 0 aliphatic carbocycles. The minimum atomic E-state index is -4.48. The van der Waals surface area contributed by atoms with Crippen LogP contribution in [0.2, 0.25) is 0 Å². The van der Waals surface area contributed by atoms with Crippen molar-refractivity contribution in [3.63, 3.8) is 0 Å². The standard InChI is InChI=1S/C13H16F4N2.ClH/c1-9-2-3-10(11(14)8-9)12(13(15,16)17)19-6-4-18-5-7-19;/h2-3,8,12,18H,4-7H2,1H3;1H/t12-;/m0./s1. The number of nitrogens with zero attached hydrogens (tertiary/aromatic N) is 1. The minimum Gasteiger partial charge on any atom is -0.314 e. The second kappa shape index (κ2) is 6.74. The predicted octanol–water partition coefficient (Wildman–Crippen LogP) is 3.06. The fraction of sp³-hybridized carbons (Fsp3) is 0.538. The molecule has 0 saturated carbocycles. The Morgan fingerprint density at radius 3 is 2.30 bits per heavy atom. The lowest BCUT2D eigenvalue weighted by Gasteiger charge is -2.36. The van der Waals surface area contributed by atoms with E-state index in [4.69, 9.17) is 0 Å². The largest absolute Gasteiger partial charge is 0.408 e. The van der Waals surface area contributed by atoms with E-state index >= 15 is 0 Å². The van der Waals surface area contributed by atoms with Gasteiger partial charge in [-0.25, -0.2) is 4.39 Å². The summed E-state index contributed by atoms with van der Waals surface area (Å²) in [7, 11) is 0. The lowest BCUT2D eigenvalue weighted by molar-refractivity contribution is -0.188. The van der Waals surface area contributed by atoms with E-state index < -0.39 is 18.0 Å². The fourth-order valence-electron chi connectivity index (χ4n) is 2.37. The van der Waals surface area contributed by atoms with Gasteiger partial charge in [0.1, 0.15) is 11.9 Å². The Kier molecular flexibility index (Phi) is 5.79. The first-order valence-corrected chi connectivity index (χ1v) is 6.17. The molecule has 2 nitrogen and oxygen atoms in total. The van der Waals surface area contributed by atoms with Crippen molar-refractivity contribution in [2.45, 2.75) is 19.1 Å². The predicted molar refractivity (Wildman–Crippen MR) is 71.6 cm³/mol. The monoisotopic (exact) mass is 312 g/mol. The number of nitrogens with one attached hydrogen (secondary N) is 1. The maximum absolute atomic E-state index is 13.8. The fourth-order valence-corrected chi connectivity index (χ4v) is 2.37. The molecule has 1 aliphatic heterocycles. The number of piperazine rings is 1. The van der Waals surface area contributed by atoms with E-state index in [9.17, 15) is 17.6 Å². The molecule has 20 heavy (non-hydrogen) atoms. The van der Waals surface area contributed by atoms with Crippen molar-refractivity contribution in [2.24, 2.45) is 0 Å². The van der Waals surface area contributed by atoms with E-state index in [-0.39, 0.29) is 31.1 Å². The first kappa shape index (κ1) is 17.2. The van der Waals surface area contributed by atoms with Crippen LogP contribution >= 0.6 is 12.4 Å². The number of hydrogen-bond acceptors (Lipinski definition) is 2. The summed E-state index contributed by atoms with van der Waals surface area (Å²) in [5.41, 5.74) is 0.322. The van der Waals surface area contributed by atoms with Crippen LogP contribution in [0.1, 0.15) is 17.2 Å². The Morgan fingerprint density at radius 2 is 1.80 bits per heavy atom. The van der Waals surface area contributed by atoms with Crippen LogP contribution in [0.15, 0.2) is 18.2 Å². The molecular weight excluding hydrogens is 296 g/mol. The summed E-state index contributed by atoms with van der Waals surface area (Å²) in [5.74, 6) is -0.791. The first-order chi connectivity index (χ1) is 8.89. The summed E-state index contributed by atoms with van der Waals surface area (Å²) in [4.78, 5) is 1.28. The normalized spacial score (nSPS) is 18.4. The van der Waals surface area contributed by atoms with Crippen LogP contribution in [0.3, 0.4) is 0 Å². The molecule has 0 aromatic heterocycles. The third-order valence-corrected chi connectivity index (χ3v) is 3.28. The molecule has 1 atom stereocenters. The van der Waals surface area contributed by atoms with Gasteiger partial charge in [0, 0.05) is 31.7 Å². The van der Waals surface area contributed by atoms with Crippen LogP contribution in [-0.2, 0) is 0 Å². The lowest BCUT2D eigenvalue weighted by atomic mass is 10.0. The van der Waals surface area contributed by atoms with Gasteiger partial charge in [-0.15, -0.1) is 12.4 Å². The molecule has 0 amide bonds. The first-order valence-electron chi connectivity index (χ1n) is 6.17. The van der Waals surface area contributed by atoms with E-state index in [0.717, 1.165) is 6.07 Å². The molecule has 1 aromatic carbocycles. The number of aryl methyl sites for hydroxylation is 1. The highest BCUT2D eigenvalue weighted by Gasteiger charge is 2.46. The zero-order chi connectivity index (χ0) is 14.0. The zero-order valence-corrected chi connectivity index (χ0v) is 11.8. The maximum Gasteiger partial charge on any atom is 0.408 e. The molecule has 1 saturated heterocycles. The van der Waals surface area contributed by atoms with Gasteiger partial charge in [-0.05, 0) is 18.6 Å². The average Bonchev–Trinajstić information content (AvgIpc) is 2.32. The van der Waals surface area contributed by atoms with Crippen molar-refractivity contribution in [3.8, 4) is 0 Å². The van der Waals surface area contributed by atoms with Crippen molar-refractivity contribution in [1.29, 1.82) is 0 Å². The summed E-state index contributed by atoms with van der Waals surface area (Å²) in [6.45, 7) is 3.15. The van der Waals surface area contributed by atoms with Crippen molar-refractivity contribution in [1.82, 2.24) is 10.2 Å². The van der Waals surface area contributed by atoms with E-state index in [1.807, 2.05) is 0 Å². The average molecular weight is 313 g/mol. The minimum absolute atomic E-state index is 0. The molecular formula is C13H17ClF4N2. The highest BCUT2D eigenvalue weighted by atomic mass is 35.5. The Balaban J connectivity index is 0.00000200. The van der Waals surface area contributed by atoms with E-state index in [1.54, 1.807) is 6.92 Å². The van der Waals surface area contributed by atoms with Crippen molar-refractivity contribution >= 4 is 12.4 Å². The number of benzene rings is 1. The molecule has 0 radical (unpaired) electrons. The van der Waals surface area contributed by atoms with E-state index in [2.05, 4.69) is 5.32 Å². The molecule has 0 bridgehead atoms. The Bertz CT molecular complexity index is 444. The van der Waals surface area contributed by atoms with Crippen molar-refractivity contribution in [2.75, 3.05) is 26.2 Å². The maximum atomic E-state index is 13.8. The Hall–Kier alpha value is -0.850. The van der Waals surface area contributed by atoms with Gasteiger partial charge in [-0.2, -0.15) is 13.2 Å². The van der Waals surface area contributed by atoms with Crippen LogP contribution < -0.4 is 5.32 Å². The van der Waals surface area contributed by atoms with Gasteiger partial charge in [0.25, 0.3) is 0 Å². The summed E-state index contributed by atoms with van der Waals surface area (Å²) in [5, 5.41) is 2.99. The molecule has 1 aromatic rings. The van der Waals surface area contributed by atoms with E-state index in [0.29, 0.717) is 18.7 Å². The molecule has 2 rings (SSSR count). The molecule has 7 heteroatoms. The van der Waals surface area contributed by atoms with Gasteiger partial charge in [0.2, 0.25) is 0 Å². The molecule has 0 unspecified atom stereocenters. The van der Waals surface area contributed by atoms with Gasteiger partial charge in [0.15, 0.2) is 0 Å². The molecule has 1 N–H and O–H groups in total. The Morgan fingerprint density at radius 1 is 1.20 bits per heavy atom. The second-order valence-corrected chi connectivity index (χ2v) is 4.76. The summed E-state index contributed by atoms with van der Waals surface area (Å²) >= 11 is 0. The van der Waals surface area contributed by atoms with Gasteiger partial charge in [-0.1, -0.05) is 12.1 Å². The van der Waals surface area contributed by atoms with Crippen LogP contribution in [0, 0.1) is 12.7 Å². The number of alkyl halides is 3. The number of rotatable bonds is 2. The van der Waals surface area contributed by atoms with Crippen LogP contribution in [0.5, 0.6) is 0 Å². The van der Waals surface area contributed by atoms with Gasteiger partial charge in [-0.3, -0.25) is 4.90 Å². The molecule has 1 aliphatic rings. The number of halogens is 5. The van der Waals surface area contributed by atoms with Crippen LogP contribution in [0.25, 0.3) is 0 Å². The Labute approximate surface area is 121 Å². The smallest absolute Gasteiger partial charge is 0.314 e. The second-order valence-electron chi connectivity index (χ2n) is 4.76. The highest BCUT2D eigenvalue weighted by Crippen LogP contribution is 2.38. The molecule has 114 valence electrons. The van der Waals surface area contributed by atoms with Gasteiger partial charge >= 0.3 is 6.18 Å². The van der Waals surface area contributed by atoms with E-state index in [1.165, 1.54) is 17.0 Å². The van der Waals surface area contributed by atoms with Crippen molar-refractivity contribution < 1.29 is 17.6 Å². The van der Waals surface area contributed by atoms with Crippen LogP contribution in [0.4, 0.5) is 17.6 Å². The SMILES string of the molecule is Cc1ccc([C@H](N2CCNCC2)C(F)(F)F)c(F)c1.Cl. The summed E-state index contributed by atoms with van der Waals surface area (Å²) in [6.07, 6.45) is -4.48.